The van der Waals surface area contributed by atoms with Crippen molar-refractivity contribution in [2.75, 3.05) is 41.5 Å². The van der Waals surface area contributed by atoms with Crippen molar-refractivity contribution in [3.63, 3.8) is 0 Å². The normalized spacial score (nSPS) is 11.3. The molecule has 0 unspecified atom stereocenters. The number of carbonyl (C=O) groups excluding carboxylic acids is 1. The Morgan fingerprint density at radius 3 is 2.10 bits per heavy atom. The van der Waals surface area contributed by atoms with Gasteiger partial charge in [-0.15, -0.1) is 0 Å². The van der Waals surface area contributed by atoms with Crippen molar-refractivity contribution in [3.05, 3.63) is 59.7 Å². The van der Waals surface area contributed by atoms with E-state index < -0.39 is 0 Å². The van der Waals surface area contributed by atoms with Gasteiger partial charge in [0.1, 0.15) is 6.61 Å². The molecular weight excluding hydrogens is 370 g/mol. The van der Waals surface area contributed by atoms with Gasteiger partial charge in [0.05, 0.1) is 14.2 Å². The zero-order valence-corrected chi connectivity index (χ0v) is 17.2. The number of rotatable bonds is 10. The molecule has 0 aliphatic carbocycles. The number of phenolic OH excluding ortho intramolecular Hbond substituents is 1. The van der Waals surface area contributed by atoms with E-state index in [9.17, 15) is 9.90 Å². The number of ether oxygens (including phenoxy) is 3. The SMILES string of the molecule is COc1cc(/C=C/C(=O)/C=C/c2ccc(OC)c(OCCN(C)C)c2)ccc1O. The van der Waals surface area contributed by atoms with Crippen LogP contribution in [-0.4, -0.2) is 57.3 Å². The second-order valence-corrected chi connectivity index (χ2v) is 6.56. The first-order chi connectivity index (χ1) is 13.9. The van der Waals surface area contributed by atoms with Crippen molar-refractivity contribution in [1.29, 1.82) is 0 Å². The van der Waals surface area contributed by atoms with Crippen LogP contribution >= 0.6 is 0 Å². The van der Waals surface area contributed by atoms with Gasteiger partial charge in [-0.1, -0.05) is 24.3 Å². The summed E-state index contributed by atoms with van der Waals surface area (Å²) in [6.45, 7) is 1.32. The highest BCUT2D eigenvalue weighted by Crippen LogP contribution is 2.29. The molecule has 2 aromatic carbocycles. The van der Waals surface area contributed by atoms with E-state index in [1.54, 1.807) is 31.4 Å². The molecule has 1 N–H and O–H groups in total. The molecule has 0 aliphatic heterocycles. The largest absolute Gasteiger partial charge is 0.504 e. The minimum absolute atomic E-state index is 0.0546. The quantitative estimate of drug-likeness (QED) is 0.618. The second-order valence-electron chi connectivity index (χ2n) is 6.56. The highest BCUT2D eigenvalue weighted by Gasteiger charge is 2.05. The highest BCUT2D eigenvalue weighted by atomic mass is 16.5. The first-order valence-corrected chi connectivity index (χ1v) is 9.15. The van der Waals surface area contributed by atoms with Crippen LogP contribution in [0.1, 0.15) is 11.1 Å². The Hall–Kier alpha value is -3.25. The fourth-order valence-electron chi connectivity index (χ4n) is 2.46. The second kappa shape index (κ2) is 10.9. The van der Waals surface area contributed by atoms with E-state index in [2.05, 4.69) is 0 Å². The minimum Gasteiger partial charge on any atom is -0.504 e. The lowest BCUT2D eigenvalue weighted by molar-refractivity contribution is -0.110. The number of allylic oxidation sites excluding steroid dienone is 2. The number of hydrogen-bond donors (Lipinski definition) is 1. The number of hydrogen-bond acceptors (Lipinski definition) is 6. The van der Waals surface area contributed by atoms with Gasteiger partial charge >= 0.3 is 0 Å². The van der Waals surface area contributed by atoms with Crippen LogP contribution in [0, 0.1) is 0 Å². The standard InChI is InChI=1S/C23H27NO5/c1-24(2)13-14-29-23-16-18(8-12-21(23)27-3)6-10-19(25)9-5-17-7-11-20(26)22(15-17)28-4/h5-12,15-16,26H,13-14H2,1-4H3/b9-5+,10-6+. The molecule has 0 saturated carbocycles. The average Bonchev–Trinajstić information content (AvgIpc) is 2.71. The van der Waals surface area contributed by atoms with E-state index in [1.165, 1.54) is 25.3 Å². The minimum atomic E-state index is -0.164. The van der Waals surface area contributed by atoms with Crippen molar-refractivity contribution >= 4 is 17.9 Å². The number of carbonyl (C=O) groups is 1. The Kier molecular flexibility index (Phi) is 8.30. The summed E-state index contributed by atoms with van der Waals surface area (Å²) >= 11 is 0. The third kappa shape index (κ3) is 7.01. The van der Waals surface area contributed by atoms with E-state index in [4.69, 9.17) is 14.2 Å². The fourth-order valence-corrected chi connectivity index (χ4v) is 2.46. The topological polar surface area (TPSA) is 68.2 Å². The smallest absolute Gasteiger partial charge is 0.178 e. The molecule has 0 bridgehead atoms. The van der Waals surface area contributed by atoms with Gasteiger partial charge in [-0.2, -0.15) is 0 Å². The molecule has 0 aliphatic rings. The summed E-state index contributed by atoms with van der Waals surface area (Å²) < 4.78 is 16.2. The van der Waals surface area contributed by atoms with E-state index >= 15 is 0 Å². The summed E-state index contributed by atoms with van der Waals surface area (Å²) in [5, 5.41) is 9.61. The zero-order valence-electron chi connectivity index (χ0n) is 17.2. The van der Waals surface area contributed by atoms with Gasteiger partial charge in [-0.25, -0.2) is 0 Å². The van der Waals surface area contributed by atoms with Crippen molar-refractivity contribution in [1.82, 2.24) is 4.90 Å². The summed E-state index contributed by atoms with van der Waals surface area (Å²) in [7, 11) is 7.03. The molecule has 0 atom stereocenters. The van der Waals surface area contributed by atoms with Crippen LogP contribution in [0.25, 0.3) is 12.2 Å². The Balaban J connectivity index is 2.05. The molecule has 29 heavy (non-hydrogen) atoms. The molecule has 0 fully saturated rings. The van der Waals surface area contributed by atoms with Gasteiger partial charge in [0.25, 0.3) is 0 Å². The fraction of sp³-hybridized carbons (Fsp3) is 0.261. The molecule has 0 amide bonds. The Labute approximate surface area is 171 Å². The van der Waals surface area contributed by atoms with Crippen LogP contribution in [-0.2, 0) is 4.79 Å². The molecule has 6 nitrogen and oxygen atoms in total. The molecule has 0 spiro atoms. The first-order valence-electron chi connectivity index (χ1n) is 9.15. The highest BCUT2D eigenvalue weighted by molar-refractivity contribution is 6.04. The summed E-state index contributed by atoms with van der Waals surface area (Å²) in [4.78, 5) is 14.2. The third-order valence-electron chi connectivity index (χ3n) is 4.07. The van der Waals surface area contributed by atoms with Crippen LogP contribution in [0.4, 0.5) is 0 Å². The lowest BCUT2D eigenvalue weighted by atomic mass is 10.1. The molecule has 2 rings (SSSR count). The lowest BCUT2D eigenvalue weighted by Gasteiger charge is -2.13. The van der Waals surface area contributed by atoms with Crippen molar-refractivity contribution < 1.29 is 24.1 Å². The van der Waals surface area contributed by atoms with Crippen LogP contribution in [0.3, 0.4) is 0 Å². The number of nitrogens with zero attached hydrogens (tertiary/aromatic N) is 1. The molecule has 154 valence electrons. The zero-order chi connectivity index (χ0) is 21.2. The van der Waals surface area contributed by atoms with Crippen molar-refractivity contribution in [2.24, 2.45) is 0 Å². The van der Waals surface area contributed by atoms with Gasteiger partial charge in [0.15, 0.2) is 28.8 Å². The van der Waals surface area contributed by atoms with Gasteiger partial charge in [0, 0.05) is 6.54 Å². The summed E-state index contributed by atoms with van der Waals surface area (Å²) in [6.07, 6.45) is 6.33. The van der Waals surface area contributed by atoms with Crippen LogP contribution in [0.2, 0.25) is 0 Å². The predicted molar refractivity (Wildman–Crippen MR) is 115 cm³/mol. The maximum atomic E-state index is 12.2. The number of phenols is 1. The number of likely N-dealkylation sites (N-methyl/N-ethyl adjacent to an activating group) is 1. The number of aromatic hydroxyl groups is 1. The molecule has 0 saturated heterocycles. The third-order valence-corrected chi connectivity index (χ3v) is 4.07. The number of benzene rings is 2. The maximum absolute atomic E-state index is 12.2. The molecule has 0 aromatic heterocycles. The molecule has 6 heteroatoms. The van der Waals surface area contributed by atoms with Crippen LogP contribution in [0.15, 0.2) is 48.6 Å². The number of ketones is 1. The maximum Gasteiger partial charge on any atom is 0.178 e. The molecular formula is C23H27NO5. The van der Waals surface area contributed by atoms with Gasteiger partial charge in [0.2, 0.25) is 0 Å². The molecule has 2 aromatic rings. The van der Waals surface area contributed by atoms with Crippen LogP contribution in [0.5, 0.6) is 23.0 Å². The average molecular weight is 397 g/mol. The summed E-state index contributed by atoms with van der Waals surface area (Å²) in [5.41, 5.74) is 1.58. The van der Waals surface area contributed by atoms with Crippen LogP contribution < -0.4 is 14.2 Å². The van der Waals surface area contributed by atoms with E-state index in [0.29, 0.717) is 23.9 Å². The first kappa shape index (κ1) is 22.0. The molecule has 0 heterocycles. The summed E-state index contributed by atoms with van der Waals surface area (Å²) in [6, 6.07) is 10.4. The monoisotopic (exact) mass is 397 g/mol. The lowest BCUT2D eigenvalue weighted by Crippen LogP contribution is -2.19. The summed E-state index contributed by atoms with van der Waals surface area (Å²) in [5.74, 6) is 1.53. The Morgan fingerprint density at radius 1 is 0.931 bits per heavy atom. The predicted octanol–water partition coefficient (Wildman–Crippen LogP) is 3.65. The van der Waals surface area contributed by atoms with Gasteiger partial charge in [-0.3, -0.25) is 4.79 Å². The number of methoxy groups -OCH3 is 2. The Morgan fingerprint density at radius 2 is 1.52 bits per heavy atom. The Bertz CT molecular complexity index is 887. The van der Waals surface area contributed by atoms with Gasteiger partial charge < -0.3 is 24.2 Å². The van der Waals surface area contributed by atoms with E-state index in [-0.39, 0.29) is 11.5 Å². The molecule has 0 radical (unpaired) electrons. The van der Waals surface area contributed by atoms with E-state index in [0.717, 1.165) is 17.7 Å². The van der Waals surface area contributed by atoms with Crippen molar-refractivity contribution in [3.8, 4) is 23.0 Å². The van der Waals surface area contributed by atoms with E-state index in [1.807, 2.05) is 37.2 Å². The van der Waals surface area contributed by atoms with Crippen molar-refractivity contribution in [2.45, 2.75) is 0 Å². The van der Waals surface area contributed by atoms with Gasteiger partial charge in [-0.05, 0) is 61.6 Å².